The summed E-state index contributed by atoms with van der Waals surface area (Å²) >= 11 is 0. The van der Waals surface area contributed by atoms with E-state index in [2.05, 4.69) is 10.9 Å². The van der Waals surface area contributed by atoms with Gasteiger partial charge in [0.15, 0.2) is 6.61 Å². The van der Waals surface area contributed by atoms with Crippen LogP contribution >= 0.6 is 0 Å². The quantitative estimate of drug-likeness (QED) is 0.659. The SMILES string of the molecule is C#CCOc1nccc(C)c1N. The van der Waals surface area contributed by atoms with Gasteiger partial charge in [-0.05, 0) is 18.6 Å². The number of terminal acetylenes is 1. The average molecular weight is 162 g/mol. The Kier molecular flexibility index (Phi) is 2.54. The lowest BCUT2D eigenvalue weighted by molar-refractivity contribution is 0.357. The van der Waals surface area contributed by atoms with E-state index in [1.807, 2.05) is 13.0 Å². The number of ether oxygens (including phenoxy) is 1. The van der Waals surface area contributed by atoms with Crippen molar-refractivity contribution in [2.75, 3.05) is 12.3 Å². The molecule has 0 bridgehead atoms. The normalized spacial score (nSPS) is 9.00. The first-order chi connectivity index (χ1) is 5.75. The number of pyridine rings is 1. The largest absolute Gasteiger partial charge is 0.463 e. The number of rotatable bonds is 2. The van der Waals surface area contributed by atoms with E-state index in [-0.39, 0.29) is 6.61 Å². The summed E-state index contributed by atoms with van der Waals surface area (Å²) in [5.41, 5.74) is 7.16. The first-order valence-corrected chi connectivity index (χ1v) is 3.53. The lowest BCUT2D eigenvalue weighted by Gasteiger charge is -2.05. The molecule has 12 heavy (non-hydrogen) atoms. The summed E-state index contributed by atoms with van der Waals surface area (Å²) in [4.78, 5) is 3.93. The highest BCUT2D eigenvalue weighted by molar-refractivity contribution is 5.53. The first-order valence-electron chi connectivity index (χ1n) is 3.53. The van der Waals surface area contributed by atoms with Crippen molar-refractivity contribution < 1.29 is 4.74 Å². The third-order valence-electron chi connectivity index (χ3n) is 1.46. The van der Waals surface area contributed by atoms with Crippen LogP contribution < -0.4 is 10.5 Å². The zero-order valence-electron chi connectivity index (χ0n) is 6.87. The Morgan fingerprint density at radius 3 is 3.17 bits per heavy atom. The van der Waals surface area contributed by atoms with Gasteiger partial charge in [0.25, 0.3) is 0 Å². The van der Waals surface area contributed by atoms with Gasteiger partial charge >= 0.3 is 0 Å². The van der Waals surface area contributed by atoms with Gasteiger partial charge in [-0.1, -0.05) is 5.92 Å². The Balaban J connectivity index is 2.86. The molecule has 1 aromatic rings. The molecule has 0 radical (unpaired) electrons. The van der Waals surface area contributed by atoms with Gasteiger partial charge in [0.05, 0.1) is 5.69 Å². The minimum Gasteiger partial charge on any atom is -0.463 e. The maximum absolute atomic E-state index is 5.67. The predicted octanol–water partition coefficient (Wildman–Crippen LogP) is 0.984. The van der Waals surface area contributed by atoms with Crippen LogP contribution in [0.5, 0.6) is 5.88 Å². The molecule has 0 unspecified atom stereocenters. The van der Waals surface area contributed by atoms with E-state index in [0.717, 1.165) is 5.56 Å². The molecule has 0 amide bonds. The second-order valence-electron chi connectivity index (χ2n) is 2.34. The van der Waals surface area contributed by atoms with Crippen molar-refractivity contribution in [3.05, 3.63) is 17.8 Å². The van der Waals surface area contributed by atoms with E-state index in [4.69, 9.17) is 16.9 Å². The zero-order valence-corrected chi connectivity index (χ0v) is 6.87. The average Bonchev–Trinajstić information content (AvgIpc) is 2.08. The van der Waals surface area contributed by atoms with Gasteiger partial charge in [0.2, 0.25) is 5.88 Å². The number of aromatic nitrogens is 1. The molecule has 0 aliphatic rings. The Bertz CT molecular complexity index is 315. The molecule has 0 saturated carbocycles. The van der Waals surface area contributed by atoms with Gasteiger partial charge in [0, 0.05) is 6.20 Å². The Labute approximate surface area is 71.6 Å². The smallest absolute Gasteiger partial charge is 0.238 e. The zero-order chi connectivity index (χ0) is 8.97. The Morgan fingerprint density at radius 1 is 1.75 bits per heavy atom. The molecule has 0 fully saturated rings. The van der Waals surface area contributed by atoms with Gasteiger partial charge in [-0.3, -0.25) is 0 Å². The molecular formula is C9H10N2O. The molecule has 0 spiro atoms. The number of anilines is 1. The van der Waals surface area contributed by atoms with E-state index >= 15 is 0 Å². The van der Waals surface area contributed by atoms with Crippen molar-refractivity contribution in [3.8, 4) is 18.2 Å². The molecule has 1 aromatic heterocycles. The number of hydrogen-bond donors (Lipinski definition) is 1. The van der Waals surface area contributed by atoms with Crippen LogP contribution in [0.1, 0.15) is 5.56 Å². The van der Waals surface area contributed by atoms with Crippen LogP contribution in [0.15, 0.2) is 12.3 Å². The number of nitrogens with two attached hydrogens (primary N) is 1. The van der Waals surface area contributed by atoms with Crippen LogP contribution in [0.3, 0.4) is 0 Å². The van der Waals surface area contributed by atoms with E-state index in [1.165, 1.54) is 0 Å². The summed E-state index contributed by atoms with van der Waals surface area (Å²) in [5, 5.41) is 0. The molecule has 0 aliphatic carbocycles. The fourth-order valence-electron chi connectivity index (χ4n) is 0.770. The van der Waals surface area contributed by atoms with Crippen molar-refractivity contribution in [1.82, 2.24) is 4.98 Å². The number of hydrogen-bond acceptors (Lipinski definition) is 3. The highest BCUT2D eigenvalue weighted by atomic mass is 16.5. The molecule has 1 rings (SSSR count). The van der Waals surface area contributed by atoms with E-state index in [9.17, 15) is 0 Å². The Morgan fingerprint density at radius 2 is 2.50 bits per heavy atom. The minimum atomic E-state index is 0.195. The monoisotopic (exact) mass is 162 g/mol. The van der Waals surface area contributed by atoms with Crippen LogP contribution in [0.2, 0.25) is 0 Å². The van der Waals surface area contributed by atoms with Crippen LogP contribution in [-0.4, -0.2) is 11.6 Å². The molecular weight excluding hydrogens is 152 g/mol. The number of aryl methyl sites for hydroxylation is 1. The summed E-state index contributed by atoms with van der Waals surface area (Å²) in [7, 11) is 0. The maximum Gasteiger partial charge on any atom is 0.238 e. The summed E-state index contributed by atoms with van der Waals surface area (Å²) in [6.45, 7) is 2.08. The van der Waals surface area contributed by atoms with Crippen molar-refractivity contribution >= 4 is 5.69 Å². The van der Waals surface area contributed by atoms with Crippen molar-refractivity contribution in [3.63, 3.8) is 0 Å². The molecule has 2 N–H and O–H groups in total. The van der Waals surface area contributed by atoms with Crippen LogP contribution in [0.4, 0.5) is 5.69 Å². The Hall–Kier alpha value is -1.69. The van der Waals surface area contributed by atoms with Crippen LogP contribution in [0, 0.1) is 19.3 Å². The molecule has 0 atom stereocenters. The van der Waals surface area contributed by atoms with Gasteiger partial charge in [-0.15, -0.1) is 6.42 Å². The second-order valence-corrected chi connectivity index (χ2v) is 2.34. The lowest BCUT2D eigenvalue weighted by Crippen LogP contribution is -2.01. The van der Waals surface area contributed by atoms with Crippen LogP contribution in [0.25, 0.3) is 0 Å². The minimum absolute atomic E-state index is 0.195. The second kappa shape index (κ2) is 3.63. The molecule has 3 nitrogen and oxygen atoms in total. The summed E-state index contributed by atoms with van der Waals surface area (Å²) < 4.78 is 5.09. The number of nitrogens with zero attached hydrogens (tertiary/aromatic N) is 1. The molecule has 1 heterocycles. The van der Waals surface area contributed by atoms with E-state index in [1.54, 1.807) is 6.20 Å². The summed E-state index contributed by atoms with van der Waals surface area (Å²) in [5.74, 6) is 2.76. The fourth-order valence-corrected chi connectivity index (χ4v) is 0.770. The van der Waals surface area contributed by atoms with E-state index < -0.39 is 0 Å². The summed E-state index contributed by atoms with van der Waals surface area (Å²) in [6.07, 6.45) is 6.66. The first kappa shape index (κ1) is 8.41. The highest BCUT2D eigenvalue weighted by Crippen LogP contribution is 2.20. The van der Waals surface area contributed by atoms with Crippen molar-refractivity contribution in [2.45, 2.75) is 6.92 Å². The van der Waals surface area contributed by atoms with Gasteiger partial charge < -0.3 is 10.5 Å². The maximum atomic E-state index is 5.67. The third kappa shape index (κ3) is 1.67. The van der Waals surface area contributed by atoms with E-state index in [0.29, 0.717) is 11.6 Å². The molecule has 0 aromatic carbocycles. The lowest BCUT2D eigenvalue weighted by atomic mass is 10.2. The predicted molar refractivity (Wildman–Crippen MR) is 47.7 cm³/mol. The van der Waals surface area contributed by atoms with Crippen LogP contribution in [-0.2, 0) is 0 Å². The summed E-state index contributed by atoms with van der Waals surface area (Å²) in [6, 6.07) is 1.82. The van der Waals surface area contributed by atoms with Gasteiger partial charge in [-0.2, -0.15) is 0 Å². The number of nitrogen functional groups attached to an aromatic ring is 1. The van der Waals surface area contributed by atoms with Gasteiger partial charge in [0.1, 0.15) is 0 Å². The van der Waals surface area contributed by atoms with Crippen molar-refractivity contribution in [2.24, 2.45) is 0 Å². The molecule has 0 saturated heterocycles. The molecule has 62 valence electrons. The standard InChI is InChI=1S/C9H10N2O/c1-3-6-12-9-8(10)7(2)4-5-11-9/h1,4-5H,6,10H2,2H3. The molecule has 0 aliphatic heterocycles. The van der Waals surface area contributed by atoms with Gasteiger partial charge in [-0.25, -0.2) is 4.98 Å². The fraction of sp³-hybridized carbons (Fsp3) is 0.222. The topological polar surface area (TPSA) is 48.1 Å². The third-order valence-corrected chi connectivity index (χ3v) is 1.46. The molecule has 3 heteroatoms. The van der Waals surface area contributed by atoms with Crippen molar-refractivity contribution in [1.29, 1.82) is 0 Å². The highest BCUT2D eigenvalue weighted by Gasteiger charge is 2.02.